The first kappa shape index (κ1) is 12.6. The third kappa shape index (κ3) is 1.91. The first-order valence-corrected chi connectivity index (χ1v) is 6.16. The molecule has 102 valence electrons. The van der Waals surface area contributed by atoms with Gasteiger partial charge in [-0.1, -0.05) is 0 Å². The second-order valence-electron chi connectivity index (χ2n) is 4.89. The number of aryl methyl sites for hydroxylation is 2. The van der Waals surface area contributed by atoms with E-state index in [-0.39, 0.29) is 11.1 Å². The smallest absolute Gasteiger partial charge is 0.140 e. The van der Waals surface area contributed by atoms with Crippen LogP contribution in [0.4, 0.5) is 14.5 Å². The van der Waals surface area contributed by atoms with Gasteiger partial charge < -0.3 is 10.1 Å². The van der Waals surface area contributed by atoms with E-state index in [9.17, 15) is 8.78 Å². The Labute approximate surface area is 114 Å². The predicted octanol–water partition coefficient (Wildman–Crippen LogP) is 3.48. The van der Waals surface area contributed by atoms with Crippen LogP contribution in [0.25, 0.3) is 16.9 Å². The van der Waals surface area contributed by atoms with Crippen molar-refractivity contribution in [3.63, 3.8) is 0 Å². The van der Waals surface area contributed by atoms with Gasteiger partial charge >= 0.3 is 0 Å². The number of pyridine rings is 1. The van der Waals surface area contributed by atoms with Gasteiger partial charge in [0.15, 0.2) is 0 Å². The van der Waals surface area contributed by atoms with Gasteiger partial charge in [0.1, 0.15) is 17.3 Å². The molecule has 0 fully saturated rings. The molecule has 0 spiro atoms. The largest absolute Gasteiger partial charge is 0.398 e. The maximum Gasteiger partial charge on any atom is 0.140 e. The minimum absolute atomic E-state index is 0.148. The average Bonchev–Trinajstić information content (AvgIpc) is 2.77. The Bertz CT molecular complexity index is 822. The predicted molar refractivity (Wildman–Crippen MR) is 74.4 cm³/mol. The zero-order valence-corrected chi connectivity index (χ0v) is 11.1. The van der Waals surface area contributed by atoms with Crippen LogP contribution < -0.4 is 5.73 Å². The van der Waals surface area contributed by atoms with E-state index in [1.165, 1.54) is 19.1 Å². The Morgan fingerprint density at radius 3 is 2.50 bits per heavy atom. The van der Waals surface area contributed by atoms with Crippen molar-refractivity contribution in [3.8, 4) is 11.3 Å². The molecule has 0 aliphatic heterocycles. The zero-order chi connectivity index (χ0) is 14.4. The lowest BCUT2D eigenvalue weighted by molar-refractivity contribution is 0.595. The van der Waals surface area contributed by atoms with E-state index in [2.05, 4.69) is 4.98 Å². The first-order valence-electron chi connectivity index (χ1n) is 6.16. The van der Waals surface area contributed by atoms with Crippen LogP contribution >= 0.6 is 0 Å². The molecule has 20 heavy (non-hydrogen) atoms. The first-order chi connectivity index (χ1) is 9.45. The van der Waals surface area contributed by atoms with E-state index >= 15 is 0 Å². The summed E-state index contributed by atoms with van der Waals surface area (Å²) < 4.78 is 29.3. The minimum Gasteiger partial charge on any atom is -0.398 e. The van der Waals surface area contributed by atoms with Crippen LogP contribution in [0.1, 0.15) is 11.1 Å². The summed E-state index contributed by atoms with van der Waals surface area (Å²) >= 11 is 0. The summed E-state index contributed by atoms with van der Waals surface area (Å²) in [7, 11) is 0. The lowest BCUT2D eigenvalue weighted by Gasteiger charge is -2.02. The van der Waals surface area contributed by atoms with Crippen molar-refractivity contribution in [3.05, 3.63) is 53.4 Å². The van der Waals surface area contributed by atoms with E-state index in [1.54, 1.807) is 22.9 Å². The van der Waals surface area contributed by atoms with Crippen molar-refractivity contribution in [2.45, 2.75) is 13.8 Å². The Hall–Kier alpha value is -2.43. The van der Waals surface area contributed by atoms with E-state index in [4.69, 9.17) is 5.73 Å². The number of hydrogen-bond donors (Lipinski definition) is 1. The van der Waals surface area contributed by atoms with Gasteiger partial charge in [-0.15, -0.1) is 0 Å². The Kier molecular flexibility index (Phi) is 2.71. The fourth-order valence-corrected chi connectivity index (χ4v) is 2.27. The number of rotatable bonds is 1. The van der Waals surface area contributed by atoms with Gasteiger partial charge in [-0.05, 0) is 43.2 Å². The molecular weight excluding hydrogens is 260 g/mol. The maximum atomic E-state index is 14.0. The van der Waals surface area contributed by atoms with Crippen LogP contribution in [0.2, 0.25) is 0 Å². The molecule has 5 heteroatoms. The van der Waals surface area contributed by atoms with Gasteiger partial charge in [0.05, 0.1) is 5.69 Å². The summed E-state index contributed by atoms with van der Waals surface area (Å²) in [4.78, 5) is 4.36. The molecule has 0 radical (unpaired) electrons. The number of hydrogen-bond acceptors (Lipinski definition) is 2. The molecule has 2 heterocycles. The number of fused-ring (bicyclic) bond motifs is 1. The standard InChI is InChI=1S/C15H13F2N3/c1-8-4-13(17)11(5-12(8)16)14-7-20-6-10(18)3-9(2)15(20)19-14/h3-7H,18H2,1-2H3. The second kappa shape index (κ2) is 4.30. The molecule has 0 saturated heterocycles. The zero-order valence-electron chi connectivity index (χ0n) is 11.1. The van der Waals surface area contributed by atoms with Gasteiger partial charge in [-0.25, -0.2) is 13.8 Å². The molecule has 0 bridgehead atoms. The Morgan fingerprint density at radius 1 is 1.00 bits per heavy atom. The number of nitrogens with two attached hydrogens (primary N) is 1. The molecule has 0 atom stereocenters. The van der Waals surface area contributed by atoms with Crippen LogP contribution in [0.15, 0.2) is 30.6 Å². The second-order valence-corrected chi connectivity index (χ2v) is 4.89. The summed E-state index contributed by atoms with van der Waals surface area (Å²) in [5, 5.41) is 0. The highest BCUT2D eigenvalue weighted by Crippen LogP contribution is 2.26. The molecule has 0 aliphatic rings. The lowest BCUT2D eigenvalue weighted by atomic mass is 10.1. The van der Waals surface area contributed by atoms with Crippen LogP contribution in [0, 0.1) is 25.5 Å². The fraction of sp³-hybridized carbons (Fsp3) is 0.133. The summed E-state index contributed by atoms with van der Waals surface area (Å²) in [5.74, 6) is -0.937. The van der Waals surface area contributed by atoms with Gasteiger partial charge in [0, 0.05) is 23.6 Å². The quantitative estimate of drug-likeness (QED) is 0.737. The molecule has 3 rings (SSSR count). The van der Waals surface area contributed by atoms with Crippen molar-refractivity contribution in [1.29, 1.82) is 0 Å². The number of halogens is 2. The highest BCUT2D eigenvalue weighted by molar-refractivity contribution is 5.66. The Morgan fingerprint density at radius 2 is 1.75 bits per heavy atom. The third-order valence-electron chi connectivity index (χ3n) is 3.28. The topological polar surface area (TPSA) is 43.3 Å². The summed E-state index contributed by atoms with van der Waals surface area (Å²) in [6, 6.07) is 4.14. The van der Waals surface area contributed by atoms with Crippen molar-refractivity contribution >= 4 is 11.3 Å². The summed E-state index contributed by atoms with van der Waals surface area (Å²) in [5.41, 5.74) is 8.72. The van der Waals surface area contributed by atoms with E-state index < -0.39 is 11.6 Å². The number of imidazole rings is 1. The molecule has 3 aromatic rings. The van der Waals surface area contributed by atoms with Crippen molar-refractivity contribution < 1.29 is 8.78 Å². The molecule has 2 aromatic heterocycles. The van der Waals surface area contributed by atoms with Crippen LogP contribution in [0.5, 0.6) is 0 Å². The number of benzene rings is 1. The van der Waals surface area contributed by atoms with Crippen molar-refractivity contribution in [2.75, 3.05) is 5.73 Å². The number of anilines is 1. The van der Waals surface area contributed by atoms with Gasteiger partial charge in [-0.3, -0.25) is 0 Å². The SMILES string of the molecule is Cc1cc(F)c(-c2cn3cc(N)cc(C)c3n2)cc1F. The van der Waals surface area contributed by atoms with Crippen LogP contribution in [0.3, 0.4) is 0 Å². The normalized spacial score (nSPS) is 11.2. The van der Waals surface area contributed by atoms with Crippen LogP contribution in [-0.4, -0.2) is 9.38 Å². The molecule has 0 saturated carbocycles. The fourth-order valence-electron chi connectivity index (χ4n) is 2.27. The van der Waals surface area contributed by atoms with E-state index in [1.807, 2.05) is 6.92 Å². The van der Waals surface area contributed by atoms with Crippen molar-refractivity contribution in [1.82, 2.24) is 9.38 Å². The van der Waals surface area contributed by atoms with Gasteiger partial charge in [0.25, 0.3) is 0 Å². The monoisotopic (exact) mass is 273 g/mol. The van der Waals surface area contributed by atoms with E-state index in [0.717, 1.165) is 5.56 Å². The average molecular weight is 273 g/mol. The maximum absolute atomic E-state index is 14.0. The number of nitrogens with zero attached hydrogens (tertiary/aromatic N) is 2. The number of nitrogen functional groups attached to an aromatic ring is 1. The Balaban J connectivity index is 2.25. The molecule has 0 aliphatic carbocycles. The lowest BCUT2D eigenvalue weighted by Crippen LogP contribution is -1.92. The molecular formula is C15H13F2N3. The van der Waals surface area contributed by atoms with Crippen LogP contribution in [-0.2, 0) is 0 Å². The minimum atomic E-state index is -0.488. The van der Waals surface area contributed by atoms with E-state index in [0.29, 0.717) is 17.0 Å². The molecule has 1 aromatic carbocycles. The summed E-state index contributed by atoms with van der Waals surface area (Å²) in [6.45, 7) is 3.39. The molecule has 3 nitrogen and oxygen atoms in total. The molecule has 0 amide bonds. The number of aromatic nitrogens is 2. The molecule has 0 unspecified atom stereocenters. The highest BCUT2D eigenvalue weighted by Gasteiger charge is 2.13. The molecule has 2 N–H and O–H groups in total. The highest BCUT2D eigenvalue weighted by atomic mass is 19.1. The van der Waals surface area contributed by atoms with Gasteiger partial charge in [0.2, 0.25) is 0 Å². The summed E-state index contributed by atoms with van der Waals surface area (Å²) in [6.07, 6.45) is 3.34. The van der Waals surface area contributed by atoms with Crippen molar-refractivity contribution in [2.24, 2.45) is 0 Å². The van der Waals surface area contributed by atoms with Gasteiger partial charge in [-0.2, -0.15) is 0 Å². The third-order valence-corrected chi connectivity index (χ3v) is 3.28.